The van der Waals surface area contributed by atoms with E-state index in [1.165, 1.54) is 6.42 Å². The number of nitrogens with zero attached hydrogens (tertiary/aromatic N) is 1. The van der Waals surface area contributed by atoms with Crippen molar-refractivity contribution in [2.24, 2.45) is 17.8 Å². The fourth-order valence-electron chi connectivity index (χ4n) is 3.68. The zero-order chi connectivity index (χ0) is 14.2. The number of aliphatic carboxylic acids is 1. The number of rotatable bonds is 3. The molecule has 0 aromatic heterocycles. The predicted octanol–water partition coefficient (Wildman–Crippen LogP) is 2.52. The molecule has 1 saturated heterocycles. The highest BCUT2D eigenvalue weighted by atomic mass is 16.4. The van der Waals surface area contributed by atoms with Crippen LogP contribution >= 0.6 is 0 Å². The molecule has 1 heterocycles. The molecule has 0 radical (unpaired) electrons. The van der Waals surface area contributed by atoms with Crippen molar-refractivity contribution in [3.05, 3.63) is 0 Å². The van der Waals surface area contributed by atoms with Gasteiger partial charge in [-0.05, 0) is 43.4 Å². The number of amides is 1. The van der Waals surface area contributed by atoms with E-state index in [-0.39, 0.29) is 11.9 Å². The van der Waals surface area contributed by atoms with Gasteiger partial charge in [-0.3, -0.25) is 4.79 Å². The Morgan fingerprint density at radius 1 is 1.32 bits per heavy atom. The summed E-state index contributed by atoms with van der Waals surface area (Å²) in [5.74, 6) is 0.831. The Hall–Kier alpha value is -1.06. The van der Waals surface area contributed by atoms with E-state index in [0.29, 0.717) is 30.6 Å². The normalized spacial score (nSPS) is 36.0. The van der Waals surface area contributed by atoms with Crippen LogP contribution in [0.1, 0.15) is 52.9 Å². The molecule has 2 rings (SSSR count). The van der Waals surface area contributed by atoms with Gasteiger partial charge in [-0.15, -0.1) is 0 Å². The Balaban J connectivity index is 2.17. The summed E-state index contributed by atoms with van der Waals surface area (Å²) in [6.45, 7) is 6.60. The number of carboxylic acids is 1. The van der Waals surface area contributed by atoms with Crippen molar-refractivity contribution in [2.45, 2.75) is 65.0 Å². The summed E-state index contributed by atoms with van der Waals surface area (Å²) in [7, 11) is 0. The maximum atomic E-state index is 12.1. The molecule has 0 aromatic carbocycles. The summed E-state index contributed by atoms with van der Waals surface area (Å²) in [4.78, 5) is 25.1. The molecule has 4 nitrogen and oxygen atoms in total. The maximum Gasteiger partial charge on any atom is 0.326 e. The van der Waals surface area contributed by atoms with E-state index < -0.39 is 12.0 Å². The predicted molar refractivity (Wildman–Crippen MR) is 72.6 cm³/mol. The van der Waals surface area contributed by atoms with Crippen LogP contribution in [0.5, 0.6) is 0 Å². The molecule has 1 aliphatic heterocycles. The fraction of sp³-hybridized carbons (Fsp3) is 0.867. The van der Waals surface area contributed by atoms with Gasteiger partial charge in [-0.1, -0.05) is 20.8 Å². The molecule has 0 spiro atoms. The lowest BCUT2D eigenvalue weighted by molar-refractivity contribution is -0.149. The lowest BCUT2D eigenvalue weighted by Crippen LogP contribution is -2.50. The molecular weight excluding hydrogens is 242 g/mol. The van der Waals surface area contributed by atoms with E-state index in [1.807, 2.05) is 0 Å². The van der Waals surface area contributed by atoms with Crippen LogP contribution in [0.4, 0.5) is 0 Å². The van der Waals surface area contributed by atoms with Gasteiger partial charge >= 0.3 is 5.97 Å². The van der Waals surface area contributed by atoms with Gasteiger partial charge in [0.1, 0.15) is 6.04 Å². The van der Waals surface area contributed by atoms with Gasteiger partial charge in [0.25, 0.3) is 0 Å². The minimum absolute atomic E-state index is 0.0358. The average molecular weight is 267 g/mol. The van der Waals surface area contributed by atoms with Crippen LogP contribution in [-0.4, -0.2) is 34.0 Å². The molecule has 0 bridgehead atoms. The molecule has 2 fully saturated rings. The molecule has 1 N–H and O–H groups in total. The summed E-state index contributed by atoms with van der Waals surface area (Å²) in [5.41, 5.74) is 0. The molecule has 2 aliphatic rings. The second kappa shape index (κ2) is 5.51. The zero-order valence-corrected chi connectivity index (χ0v) is 12.1. The third kappa shape index (κ3) is 2.77. The van der Waals surface area contributed by atoms with Crippen molar-refractivity contribution in [2.75, 3.05) is 0 Å². The van der Waals surface area contributed by atoms with Crippen LogP contribution in [0.25, 0.3) is 0 Å². The number of hydrogen-bond acceptors (Lipinski definition) is 2. The highest BCUT2D eigenvalue weighted by Gasteiger charge is 2.44. The zero-order valence-electron chi connectivity index (χ0n) is 12.1. The van der Waals surface area contributed by atoms with Crippen LogP contribution in [0.3, 0.4) is 0 Å². The van der Waals surface area contributed by atoms with Crippen LogP contribution in [0, 0.1) is 17.8 Å². The Bertz CT molecular complexity index is 366. The van der Waals surface area contributed by atoms with E-state index in [2.05, 4.69) is 20.8 Å². The van der Waals surface area contributed by atoms with Crippen LogP contribution in [-0.2, 0) is 9.59 Å². The number of carboxylic acid groups (broad SMARTS) is 1. The summed E-state index contributed by atoms with van der Waals surface area (Å²) >= 11 is 0. The van der Waals surface area contributed by atoms with E-state index in [9.17, 15) is 14.7 Å². The van der Waals surface area contributed by atoms with Gasteiger partial charge < -0.3 is 10.0 Å². The van der Waals surface area contributed by atoms with E-state index in [1.54, 1.807) is 4.90 Å². The van der Waals surface area contributed by atoms with Gasteiger partial charge in [0.15, 0.2) is 0 Å². The average Bonchev–Trinajstić information content (AvgIpc) is 2.71. The monoisotopic (exact) mass is 267 g/mol. The molecule has 1 amide bonds. The highest BCUT2D eigenvalue weighted by Crippen LogP contribution is 2.38. The van der Waals surface area contributed by atoms with Gasteiger partial charge in [0.05, 0.1) is 0 Å². The minimum Gasteiger partial charge on any atom is -0.480 e. The van der Waals surface area contributed by atoms with E-state index in [4.69, 9.17) is 0 Å². The number of hydrogen-bond donors (Lipinski definition) is 1. The van der Waals surface area contributed by atoms with Crippen molar-refractivity contribution < 1.29 is 14.7 Å². The van der Waals surface area contributed by atoms with Gasteiger partial charge in [-0.2, -0.15) is 0 Å². The molecule has 19 heavy (non-hydrogen) atoms. The van der Waals surface area contributed by atoms with Crippen molar-refractivity contribution in [1.82, 2.24) is 4.90 Å². The molecule has 1 aliphatic carbocycles. The first-order valence-corrected chi connectivity index (χ1v) is 7.45. The minimum atomic E-state index is -0.843. The number of carbonyl (C=O) groups is 2. The standard InChI is InChI=1S/C15H25NO3/c1-9(2)11-5-4-10(3)13(8-11)16-12(15(18)19)6-7-14(16)17/h9-13H,4-8H2,1-3H3,(H,18,19). The molecular formula is C15H25NO3. The maximum absolute atomic E-state index is 12.1. The molecule has 1 saturated carbocycles. The largest absolute Gasteiger partial charge is 0.480 e. The smallest absolute Gasteiger partial charge is 0.326 e. The number of likely N-dealkylation sites (tertiary alicyclic amines) is 1. The fourth-order valence-corrected chi connectivity index (χ4v) is 3.68. The summed E-state index contributed by atoms with van der Waals surface area (Å²) in [6.07, 6.45) is 4.14. The van der Waals surface area contributed by atoms with E-state index in [0.717, 1.165) is 12.8 Å². The first-order chi connectivity index (χ1) is 8.91. The first kappa shape index (κ1) is 14.4. The van der Waals surface area contributed by atoms with Gasteiger partial charge in [-0.25, -0.2) is 4.79 Å². The quantitative estimate of drug-likeness (QED) is 0.854. The van der Waals surface area contributed by atoms with E-state index >= 15 is 0 Å². The highest BCUT2D eigenvalue weighted by molar-refractivity contribution is 5.87. The Kier molecular flexibility index (Phi) is 4.16. The van der Waals surface area contributed by atoms with Crippen molar-refractivity contribution in [1.29, 1.82) is 0 Å². The van der Waals surface area contributed by atoms with Crippen molar-refractivity contribution >= 4 is 11.9 Å². The third-order valence-corrected chi connectivity index (χ3v) is 5.03. The molecule has 4 atom stereocenters. The van der Waals surface area contributed by atoms with Crippen LogP contribution < -0.4 is 0 Å². The molecule has 108 valence electrons. The van der Waals surface area contributed by atoms with Crippen molar-refractivity contribution in [3.63, 3.8) is 0 Å². The summed E-state index contributed by atoms with van der Waals surface area (Å²) in [5, 5.41) is 9.30. The summed E-state index contributed by atoms with van der Waals surface area (Å²) in [6, 6.07) is -0.469. The van der Waals surface area contributed by atoms with Gasteiger partial charge in [0, 0.05) is 12.5 Å². The molecule has 4 heteroatoms. The lowest BCUT2D eigenvalue weighted by Gasteiger charge is -2.42. The Morgan fingerprint density at radius 3 is 2.58 bits per heavy atom. The first-order valence-electron chi connectivity index (χ1n) is 7.45. The third-order valence-electron chi connectivity index (χ3n) is 5.03. The van der Waals surface area contributed by atoms with Crippen LogP contribution in [0.2, 0.25) is 0 Å². The molecule has 0 aromatic rings. The molecule has 4 unspecified atom stereocenters. The van der Waals surface area contributed by atoms with Crippen molar-refractivity contribution in [3.8, 4) is 0 Å². The Labute approximate surface area is 115 Å². The topological polar surface area (TPSA) is 57.6 Å². The number of carbonyl (C=O) groups excluding carboxylic acids is 1. The SMILES string of the molecule is CC(C)C1CCC(C)C(N2C(=O)CCC2C(=O)O)C1. The Morgan fingerprint density at radius 2 is 2.00 bits per heavy atom. The lowest BCUT2D eigenvalue weighted by atomic mass is 9.74. The summed E-state index contributed by atoms with van der Waals surface area (Å²) < 4.78 is 0. The van der Waals surface area contributed by atoms with Gasteiger partial charge in [0.2, 0.25) is 5.91 Å². The van der Waals surface area contributed by atoms with Crippen LogP contribution in [0.15, 0.2) is 0 Å². The second-order valence-corrected chi connectivity index (χ2v) is 6.56. The second-order valence-electron chi connectivity index (χ2n) is 6.56.